The smallest absolute Gasteiger partial charge is 0.411 e. The first-order valence-corrected chi connectivity index (χ1v) is 7.60. The van der Waals surface area contributed by atoms with Crippen LogP contribution in [-0.4, -0.2) is 43.1 Å². The molecule has 0 saturated heterocycles. The summed E-state index contributed by atoms with van der Waals surface area (Å²) in [5.41, 5.74) is 0.521. The third kappa shape index (κ3) is 7.28. The average molecular weight is 310 g/mol. The number of benzene rings is 1. The number of amides is 1. The van der Waals surface area contributed by atoms with Gasteiger partial charge in [-0.3, -0.25) is 5.32 Å². The maximum Gasteiger partial charge on any atom is 0.411 e. The molecule has 1 aromatic carbocycles. The van der Waals surface area contributed by atoms with Crippen molar-refractivity contribution in [3.63, 3.8) is 0 Å². The van der Waals surface area contributed by atoms with E-state index < -0.39 is 12.2 Å². The van der Waals surface area contributed by atoms with Gasteiger partial charge in [-0.05, 0) is 18.6 Å². The first-order chi connectivity index (χ1) is 10.5. The van der Waals surface area contributed by atoms with Crippen molar-refractivity contribution >= 4 is 11.8 Å². The lowest BCUT2D eigenvalue weighted by atomic mass is 10.3. The Balaban J connectivity index is 2.51. The van der Waals surface area contributed by atoms with Crippen molar-refractivity contribution in [2.45, 2.75) is 39.3 Å². The number of carbonyl (C=O) groups excluding carboxylic acids is 1. The van der Waals surface area contributed by atoms with Crippen molar-refractivity contribution in [2.24, 2.45) is 0 Å². The van der Waals surface area contributed by atoms with Crippen molar-refractivity contribution in [3.05, 3.63) is 24.3 Å². The molecule has 6 heteroatoms. The van der Waals surface area contributed by atoms with Gasteiger partial charge in [-0.15, -0.1) is 0 Å². The summed E-state index contributed by atoms with van der Waals surface area (Å²) in [7, 11) is 0. The second kappa shape index (κ2) is 10.0. The Labute approximate surface area is 131 Å². The second-order valence-electron chi connectivity index (χ2n) is 5.28. The molecular weight excluding hydrogens is 284 g/mol. The second-order valence-corrected chi connectivity index (χ2v) is 5.28. The summed E-state index contributed by atoms with van der Waals surface area (Å²) in [5, 5.41) is 15.6. The monoisotopic (exact) mass is 310 g/mol. The van der Waals surface area contributed by atoms with Gasteiger partial charge in [-0.25, -0.2) is 4.79 Å². The molecule has 0 aliphatic rings. The molecule has 1 amide bonds. The summed E-state index contributed by atoms with van der Waals surface area (Å²) < 4.78 is 10.6. The van der Waals surface area contributed by atoms with Crippen LogP contribution in [0.15, 0.2) is 24.3 Å². The molecule has 3 N–H and O–H groups in total. The lowest BCUT2D eigenvalue weighted by molar-refractivity contribution is 0.105. The summed E-state index contributed by atoms with van der Waals surface area (Å²) in [6.07, 6.45) is -0.372. The van der Waals surface area contributed by atoms with E-state index in [4.69, 9.17) is 9.47 Å². The van der Waals surface area contributed by atoms with E-state index in [-0.39, 0.29) is 6.61 Å². The molecule has 124 valence electrons. The number of aliphatic hydroxyl groups is 1. The number of para-hydroxylation sites is 2. The van der Waals surface area contributed by atoms with Crippen LogP contribution < -0.4 is 15.4 Å². The topological polar surface area (TPSA) is 79.8 Å². The van der Waals surface area contributed by atoms with Gasteiger partial charge in [0.25, 0.3) is 0 Å². The third-order valence-electron chi connectivity index (χ3n) is 2.75. The standard InChI is InChI=1S/C16H26N2O4/c1-4-9-21-16(20)18-14-7-5-6-8-15(14)22-11-13(19)10-17-12(2)3/h5-8,12-13,17,19H,4,9-11H2,1-3H3,(H,18,20). The van der Waals surface area contributed by atoms with Gasteiger partial charge in [0.15, 0.2) is 0 Å². The van der Waals surface area contributed by atoms with E-state index in [1.165, 1.54) is 0 Å². The number of aliphatic hydroxyl groups excluding tert-OH is 1. The van der Waals surface area contributed by atoms with Gasteiger partial charge in [-0.1, -0.05) is 32.9 Å². The summed E-state index contributed by atoms with van der Waals surface area (Å²) in [6.45, 7) is 6.91. The minimum absolute atomic E-state index is 0.141. The van der Waals surface area contributed by atoms with Gasteiger partial charge in [0.1, 0.15) is 18.5 Å². The van der Waals surface area contributed by atoms with Crippen molar-refractivity contribution in [2.75, 3.05) is 25.1 Å². The number of anilines is 1. The van der Waals surface area contributed by atoms with Gasteiger partial charge in [0.2, 0.25) is 0 Å². The maximum absolute atomic E-state index is 11.6. The predicted molar refractivity (Wildman–Crippen MR) is 86.3 cm³/mol. The molecule has 0 aliphatic heterocycles. The lowest BCUT2D eigenvalue weighted by Gasteiger charge is -2.17. The molecule has 0 spiro atoms. The van der Waals surface area contributed by atoms with E-state index in [0.717, 1.165) is 6.42 Å². The molecule has 1 atom stereocenters. The molecule has 0 bridgehead atoms. The van der Waals surface area contributed by atoms with Crippen LogP contribution in [0.2, 0.25) is 0 Å². The normalized spacial score (nSPS) is 12.0. The fourth-order valence-corrected chi connectivity index (χ4v) is 1.65. The van der Waals surface area contributed by atoms with Crippen LogP contribution in [0.1, 0.15) is 27.2 Å². The summed E-state index contributed by atoms with van der Waals surface area (Å²) >= 11 is 0. The number of carbonyl (C=O) groups is 1. The average Bonchev–Trinajstić information content (AvgIpc) is 2.50. The highest BCUT2D eigenvalue weighted by Gasteiger charge is 2.11. The van der Waals surface area contributed by atoms with Gasteiger partial charge < -0.3 is 19.9 Å². The fraction of sp³-hybridized carbons (Fsp3) is 0.562. The first-order valence-electron chi connectivity index (χ1n) is 7.60. The molecule has 0 saturated carbocycles. The number of rotatable bonds is 9. The number of nitrogens with one attached hydrogen (secondary N) is 2. The Bertz CT molecular complexity index is 452. The first kappa shape index (κ1) is 18.3. The van der Waals surface area contributed by atoms with Crippen LogP contribution in [0.4, 0.5) is 10.5 Å². The summed E-state index contributed by atoms with van der Waals surface area (Å²) in [6, 6.07) is 7.35. The van der Waals surface area contributed by atoms with Crippen LogP contribution in [-0.2, 0) is 4.74 Å². The van der Waals surface area contributed by atoms with Crippen LogP contribution in [0.3, 0.4) is 0 Å². The molecule has 6 nitrogen and oxygen atoms in total. The molecule has 0 heterocycles. The van der Waals surface area contributed by atoms with Crippen LogP contribution in [0, 0.1) is 0 Å². The molecule has 1 aromatic rings. The summed E-state index contributed by atoms with van der Waals surface area (Å²) in [5.74, 6) is 0.500. The molecule has 1 rings (SSSR count). The van der Waals surface area contributed by atoms with E-state index in [1.54, 1.807) is 24.3 Å². The Morgan fingerprint density at radius 2 is 2.05 bits per heavy atom. The van der Waals surface area contributed by atoms with Gasteiger partial charge in [0.05, 0.1) is 12.3 Å². The molecule has 0 aromatic heterocycles. The molecule has 0 fully saturated rings. The van der Waals surface area contributed by atoms with Gasteiger partial charge in [0, 0.05) is 12.6 Å². The highest BCUT2D eigenvalue weighted by molar-refractivity contribution is 5.86. The third-order valence-corrected chi connectivity index (χ3v) is 2.75. The SMILES string of the molecule is CCCOC(=O)Nc1ccccc1OCC(O)CNC(C)C. The van der Waals surface area contributed by atoms with Gasteiger partial charge in [-0.2, -0.15) is 0 Å². The summed E-state index contributed by atoms with van der Waals surface area (Å²) in [4.78, 5) is 11.6. The molecule has 1 unspecified atom stereocenters. The largest absolute Gasteiger partial charge is 0.489 e. The molecular formula is C16H26N2O4. The van der Waals surface area contributed by atoms with Crippen molar-refractivity contribution in [1.82, 2.24) is 5.32 Å². The minimum atomic E-state index is -0.623. The predicted octanol–water partition coefficient (Wildman–Crippen LogP) is 2.38. The van der Waals surface area contributed by atoms with Crippen molar-refractivity contribution in [3.8, 4) is 5.75 Å². The zero-order valence-corrected chi connectivity index (χ0v) is 13.5. The zero-order valence-electron chi connectivity index (χ0n) is 13.5. The highest BCUT2D eigenvalue weighted by Crippen LogP contribution is 2.24. The quantitative estimate of drug-likeness (QED) is 0.652. The van der Waals surface area contributed by atoms with Crippen LogP contribution in [0.5, 0.6) is 5.75 Å². The zero-order chi connectivity index (χ0) is 16.4. The van der Waals surface area contributed by atoms with Crippen LogP contribution >= 0.6 is 0 Å². The Kier molecular flexibility index (Phi) is 8.32. The van der Waals surface area contributed by atoms with E-state index in [2.05, 4.69) is 10.6 Å². The Morgan fingerprint density at radius 1 is 1.32 bits per heavy atom. The maximum atomic E-state index is 11.6. The molecule has 22 heavy (non-hydrogen) atoms. The number of hydrogen-bond donors (Lipinski definition) is 3. The van der Waals surface area contributed by atoms with E-state index in [0.29, 0.717) is 30.6 Å². The van der Waals surface area contributed by atoms with E-state index >= 15 is 0 Å². The minimum Gasteiger partial charge on any atom is -0.489 e. The molecule has 0 aliphatic carbocycles. The van der Waals surface area contributed by atoms with Crippen LogP contribution in [0.25, 0.3) is 0 Å². The Hall–Kier alpha value is -1.79. The van der Waals surface area contributed by atoms with E-state index in [1.807, 2.05) is 20.8 Å². The van der Waals surface area contributed by atoms with Crippen molar-refractivity contribution in [1.29, 1.82) is 0 Å². The van der Waals surface area contributed by atoms with E-state index in [9.17, 15) is 9.90 Å². The fourth-order valence-electron chi connectivity index (χ4n) is 1.65. The lowest BCUT2D eigenvalue weighted by Crippen LogP contribution is -2.35. The van der Waals surface area contributed by atoms with Crippen molar-refractivity contribution < 1.29 is 19.4 Å². The Morgan fingerprint density at radius 3 is 2.73 bits per heavy atom. The number of ether oxygens (including phenoxy) is 2. The molecule has 0 radical (unpaired) electrons. The number of hydrogen-bond acceptors (Lipinski definition) is 5. The highest BCUT2D eigenvalue weighted by atomic mass is 16.5. The van der Waals surface area contributed by atoms with Gasteiger partial charge >= 0.3 is 6.09 Å².